The zero-order chi connectivity index (χ0) is 45.4. The summed E-state index contributed by atoms with van der Waals surface area (Å²) in [5.74, 6) is 0.544. The molecule has 1 aliphatic carbocycles. The van der Waals surface area contributed by atoms with Gasteiger partial charge in [-0.05, 0) is 128 Å². The van der Waals surface area contributed by atoms with Gasteiger partial charge in [0, 0.05) is 28.8 Å². The van der Waals surface area contributed by atoms with Crippen molar-refractivity contribution in [3.8, 4) is 17.2 Å². The highest BCUT2D eigenvalue weighted by Crippen LogP contribution is 2.34. The minimum absolute atomic E-state index is 0.0333. The summed E-state index contributed by atoms with van der Waals surface area (Å²) in [5, 5.41) is 49.6. The molecule has 1 fully saturated rings. The summed E-state index contributed by atoms with van der Waals surface area (Å²) in [5.41, 5.74) is 1.85. The van der Waals surface area contributed by atoms with E-state index in [0.717, 1.165) is 18.7 Å². The Balaban J connectivity index is 0.000000205. The zero-order valence-corrected chi connectivity index (χ0v) is 38.6. The van der Waals surface area contributed by atoms with Crippen LogP contribution in [0.5, 0.6) is 17.2 Å². The fourth-order valence-electron chi connectivity index (χ4n) is 5.71. The van der Waals surface area contributed by atoms with Crippen molar-refractivity contribution in [1.29, 1.82) is 0 Å². The lowest BCUT2D eigenvalue weighted by molar-refractivity contribution is -0.137. The number of aromatic hydroxyl groups is 3. The van der Waals surface area contributed by atoms with Gasteiger partial charge in [-0.3, -0.25) is 0 Å². The monoisotopic (exact) mass is 1000 g/mol. The van der Waals surface area contributed by atoms with E-state index in [-0.39, 0.29) is 44.1 Å². The Labute approximate surface area is 398 Å². The maximum atomic E-state index is 12.5. The number of nitrogens with one attached hydrogen (secondary N) is 6. The highest BCUT2D eigenvalue weighted by molar-refractivity contribution is 7.81. The van der Waals surface area contributed by atoms with Crippen LogP contribution in [0.3, 0.4) is 0 Å². The number of phenolic OH excluding ortho intramolecular Hbond substituents is 3. The molecular formula is C42H40Cl5F3N6O3S3. The maximum absolute atomic E-state index is 12.5. The molecule has 0 spiro atoms. The molecule has 0 heterocycles. The smallest absolute Gasteiger partial charge is 0.416 e. The number of para-hydroxylation sites is 3. The maximum Gasteiger partial charge on any atom is 0.416 e. The molecule has 0 atom stereocenters. The fraction of sp³-hybridized carbons (Fsp3) is 0.214. The first-order valence-electron chi connectivity index (χ1n) is 18.6. The van der Waals surface area contributed by atoms with Gasteiger partial charge in [0.2, 0.25) is 0 Å². The van der Waals surface area contributed by atoms with E-state index in [1.807, 2.05) is 0 Å². The van der Waals surface area contributed by atoms with Crippen molar-refractivity contribution in [2.75, 3.05) is 27.8 Å². The number of hydrogen-bond donors (Lipinski definition) is 9. The molecule has 0 aliphatic heterocycles. The van der Waals surface area contributed by atoms with Gasteiger partial charge >= 0.3 is 6.18 Å². The van der Waals surface area contributed by atoms with E-state index in [1.165, 1.54) is 50.3 Å². The number of benzene rings is 5. The van der Waals surface area contributed by atoms with Crippen molar-refractivity contribution in [3.05, 3.63) is 133 Å². The molecule has 0 unspecified atom stereocenters. The minimum atomic E-state index is -4.35. The molecule has 0 bridgehead atoms. The average Bonchev–Trinajstić information content (AvgIpc) is 3.22. The number of hydrogen-bond acceptors (Lipinski definition) is 6. The second-order valence-electron chi connectivity index (χ2n) is 13.5. The standard InChI is InChI=1S/C15H12ClF3N2OS.C14H19ClN2OS.C13H9Cl3N2OS/c16-11-2-1-3-12(13(11)22)21-14(23)20-8-9-4-6-10(7-5-9)15(17,18)19;15-11-7-4-8-12(13(11)18)17-14(19)16-9-10-5-2-1-3-6-10;14-7-4-8(15)6-9(5-7)17-13(20)18-11-3-1-2-10(16)12(11)19/h1-7,22H,8H2,(H2,20,21,23);4,7-8,10,18H,1-3,5-6,9H2,(H2,16,17,19);1-6,19H,(H2,17,18,20). The Bertz CT molecular complexity index is 2300. The number of rotatable bonds is 8. The van der Waals surface area contributed by atoms with Gasteiger partial charge in [0.1, 0.15) is 0 Å². The number of thiocarbonyl (C=S) groups is 3. The van der Waals surface area contributed by atoms with Crippen LogP contribution in [0.25, 0.3) is 0 Å². The topological polar surface area (TPSA) is 133 Å². The van der Waals surface area contributed by atoms with Gasteiger partial charge in [-0.2, -0.15) is 13.2 Å². The second-order valence-corrected chi connectivity index (χ2v) is 16.8. The van der Waals surface area contributed by atoms with E-state index in [9.17, 15) is 28.5 Å². The molecule has 6 rings (SSSR count). The predicted molar refractivity (Wildman–Crippen MR) is 261 cm³/mol. The molecule has 9 nitrogen and oxygen atoms in total. The Morgan fingerprint density at radius 3 is 1.45 bits per heavy atom. The molecule has 5 aromatic carbocycles. The third-order valence-electron chi connectivity index (χ3n) is 8.84. The van der Waals surface area contributed by atoms with Crippen LogP contribution >= 0.6 is 94.7 Å². The van der Waals surface area contributed by atoms with Gasteiger partial charge in [0.15, 0.2) is 32.6 Å². The zero-order valence-electron chi connectivity index (χ0n) is 32.4. The summed E-state index contributed by atoms with van der Waals surface area (Å²) in [6.07, 6.45) is 2.20. The van der Waals surface area contributed by atoms with Crippen molar-refractivity contribution in [1.82, 2.24) is 10.6 Å². The van der Waals surface area contributed by atoms with E-state index >= 15 is 0 Å². The molecule has 9 N–H and O–H groups in total. The lowest BCUT2D eigenvalue weighted by Crippen LogP contribution is -2.33. The Morgan fingerprint density at radius 1 is 0.565 bits per heavy atom. The van der Waals surface area contributed by atoms with Gasteiger partial charge < -0.3 is 47.2 Å². The van der Waals surface area contributed by atoms with Gasteiger partial charge in [-0.1, -0.05) is 108 Å². The SMILES string of the molecule is Oc1c(Cl)cccc1NC(=S)NCC1CCCCC1.Oc1c(Cl)cccc1NC(=S)NCc1ccc(C(F)(F)F)cc1.Oc1c(Cl)cccc1NC(=S)Nc1cc(Cl)cc(Cl)c1. The van der Waals surface area contributed by atoms with Crippen molar-refractivity contribution >= 4 is 133 Å². The van der Waals surface area contributed by atoms with E-state index in [2.05, 4.69) is 31.9 Å². The molecule has 330 valence electrons. The summed E-state index contributed by atoms with van der Waals surface area (Å²) in [7, 11) is 0. The van der Waals surface area contributed by atoms with Crippen LogP contribution in [-0.4, -0.2) is 37.2 Å². The van der Waals surface area contributed by atoms with E-state index in [0.29, 0.717) is 54.4 Å². The van der Waals surface area contributed by atoms with Gasteiger partial charge in [0.25, 0.3) is 0 Å². The van der Waals surface area contributed by atoms with Gasteiger partial charge in [0.05, 0.1) is 37.7 Å². The van der Waals surface area contributed by atoms with Gasteiger partial charge in [-0.15, -0.1) is 0 Å². The Kier molecular flexibility index (Phi) is 20.0. The molecule has 5 aromatic rings. The van der Waals surface area contributed by atoms with Crippen LogP contribution in [0.2, 0.25) is 25.1 Å². The first-order valence-corrected chi connectivity index (χ1v) is 21.7. The lowest BCUT2D eigenvalue weighted by atomic mass is 9.89. The van der Waals surface area contributed by atoms with Gasteiger partial charge in [-0.25, -0.2) is 0 Å². The Hall–Kier alpha value is -4.19. The number of anilines is 4. The van der Waals surface area contributed by atoms with Crippen molar-refractivity contribution in [3.63, 3.8) is 0 Å². The fourth-order valence-corrected chi connectivity index (χ4v) is 7.37. The van der Waals surface area contributed by atoms with Crippen molar-refractivity contribution in [2.45, 2.75) is 44.8 Å². The van der Waals surface area contributed by atoms with Crippen LogP contribution in [0.1, 0.15) is 43.2 Å². The highest BCUT2D eigenvalue weighted by atomic mass is 35.5. The van der Waals surface area contributed by atoms with Crippen molar-refractivity contribution < 1.29 is 28.5 Å². The van der Waals surface area contributed by atoms with Crippen molar-refractivity contribution in [2.24, 2.45) is 5.92 Å². The number of alkyl halides is 3. The quantitative estimate of drug-likeness (QED) is 0.0542. The van der Waals surface area contributed by atoms with Crippen LogP contribution < -0.4 is 31.9 Å². The molecule has 1 aliphatic rings. The molecule has 62 heavy (non-hydrogen) atoms. The van der Waals surface area contributed by atoms with Crippen LogP contribution in [0.15, 0.2) is 97.1 Å². The largest absolute Gasteiger partial charge is 0.504 e. The highest BCUT2D eigenvalue weighted by Gasteiger charge is 2.30. The van der Waals surface area contributed by atoms with E-state index in [1.54, 1.807) is 66.7 Å². The summed E-state index contributed by atoms with van der Waals surface area (Å²) in [6, 6.07) is 24.6. The minimum Gasteiger partial charge on any atom is -0.504 e. The molecule has 0 radical (unpaired) electrons. The summed E-state index contributed by atoms with van der Waals surface area (Å²) < 4.78 is 37.4. The van der Waals surface area contributed by atoms with E-state index in [4.69, 9.17) is 94.7 Å². The molecular weight excluding hydrogens is 967 g/mol. The number of halogens is 8. The van der Waals surface area contributed by atoms with Crippen LogP contribution in [0.4, 0.5) is 35.9 Å². The lowest BCUT2D eigenvalue weighted by Gasteiger charge is -2.22. The number of phenols is 3. The summed E-state index contributed by atoms with van der Waals surface area (Å²) >= 11 is 44.7. The summed E-state index contributed by atoms with van der Waals surface area (Å²) in [6.45, 7) is 1.14. The van der Waals surface area contributed by atoms with Crippen LogP contribution in [-0.2, 0) is 12.7 Å². The molecule has 0 aromatic heterocycles. The molecule has 20 heteroatoms. The van der Waals surface area contributed by atoms with E-state index < -0.39 is 11.7 Å². The third kappa shape index (κ3) is 16.8. The predicted octanol–water partition coefficient (Wildman–Crippen LogP) is 13.6. The van der Waals surface area contributed by atoms with Crippen LogP contribution in [0, 0.1) is 5.92 Å². The first-order chi connectivity index (χ1) is 29.4. The summed E-state index contributed by atoms with van der Waals surface area (Å²) in [4.78, 5) is 0. The third-order valence-corrected chi connectivity index (χ3v) is 10.9. The molecule has 0 saturated heterocycles. The first kappa shape index (κ1) is 50.5. The average molecular weight is 1010 g/mol. The molecule has 1 saturated carbocycles. The molecule has 0 amide bonds. The Morgan fingerprint density at radius 2 is 1.00 bits per heavy atom. The second kappa shape index (κ2) is 24.6. The normalized spacial score (nSPS) is 12.3.